The molecule has 0 aliphatic rings. The van der Waals surface area contributed by atoms with Crippen molar-refractivity contribution in [2.75, 3.05) is 0 Å². The second kappa shape index (κ2) is 13.4. The van der Waals surface area contributed by atoms with Gasteiger partial charge in [-0.25, -0.2) is 4.98 Å². The van der Waals surface area contributed by atoms with E-state index >= 15 is 0 Å². The number of benzene rings is 3. The van der Waals surface area contributed by atoms with E-state index in [1.807, 2.05) is 55.8 Å². The number of rotatable bonds is 3. The third-order valence-electron chi connectivity index (χ3n) is 8.33. The van der Waals surface area contributed by atoms with E-state index in [9.17, 15) is 0 Å². The minimum atomic E-state index is 0. The third kappa shape index (κ3) is 6.48. The molecule has 8 aromatic rings. The Morgan fingerprint density at radius 3 is 2.32 bits per heavy atom. The van der Waals surface area contributed by atoms with Crippen molar-refractivity contribution in [1.29, 1.82) is 0 Å². The summed E-state index contributed by atoms with van der Waals surface area (Å²) in [5, 5.41) is 3.15. The summed E-state index contributed by atoms with van der Waals surface area (Å²) >= 11 is 0. The molecule has 0 aliphatic carbocycles. The summed E-state index contributed by atoms with van der Waals surface area (Å²) in [6.07, 6.45) is 5.65. The predicted molar refractivity (Wildman–Crippen MR) is 187 cm³/mol. The first-order valence-electron chi connectivity index (χ1n) is 15.3. The summed E-state index contributed by atoms with van der Waals surface area (Å²) < 4.78 is 6.16. The van der Waals surface area contributed by atoms with E-state index in [0.29, 0.717) is 5.71 Å². The van der Waals surface area contributed by atoms with Gasteiger partial charge in [0.25, 0.3) is 0 Å². The molecule has 233 valence electrons. The molecule has 5 nitrogen and oxygen atoms in total. The Labute approximate surface area is 288 Å². The molecule has 0 spiro atoms. The molecule has 6 heteroatoms. The van der Waals surface area contributed by atoms with Gasteiger partial charge in [-0.2, -0.15) is 0 Å². The van der Waals surface area contributed by atoms with Crippen molar-refractivity contribution in [1.82, 2.24) is 19.9 Å². The normalized spacial score (nSPS) is 10.9. The van der Waals surface area contributed by atoms with E-state index in [1.165, 1.54) is 16.7 Å². The fourth-order valence-electron chi connectivity index (χ4n) is 5.55. The zero-order chi connectivity index (χ0) is 31.8. The maximum absolute atomic E-state index is 6.16. The van der Waals surface area contributed by atoms with Crippen LogP contribution in [0.2, 0.25) is 0 Å². The second-order valence-corrected chi connectivity index (χ2v) is 11.7. The Hall–Kier alpha value is -5.03. The van der Waals surface area contributed by atoms with Crippen LogP contribution in [0.4, 0.5) is 0 Å². The minimum absolute atomic E-state index is 0. The van der Waals surface area contributed by atoms with Gasteiger partial charge in [-0.1, -0.05) is 47.7 Å². The van der Waals surface area contributed by atoms with Gasteiger partial charge in [-0.3, -0.25) is 4.98 Å². The summed E-state index contributed by atoms with van der Waals surface area (Å²) in [5.74, 6) is 0. The van der Waals surface area contributed by atoms with Crippen molar-refractivity contribution in [2.45, 2.75) is 34.6 Å². The van der Waals surface area contributed by atoms with Crippen molar-refractivity contribution in [3.05, 3.63) is 144 Å². The molecule has 1 radical (unpaired) electrons. The molecule has 0 bridgehead atoms. The van der Waals surface area contributed by atoms with Crippen LogP contribution < -0.4 is 0 Å². The monoisotopic (exact) mass is 789 g/mol. The molecule has 3 aromatic carbocycles. The summed E-state index contributed by atoms with van der Waals surface area (Å²) in [6, 6.07) is 35.3. The fourth-order valence-corrected chi connectivity index (χ4v) is 5.55. The molecular weight excluding hydrogens is 757 g/mol. The fraction of sp³-hybridized carbons (Fsp3) is 0.122. The number of nitrogens with zero attached hydrogens (tertiary/aromatic N) is 4. The van der Waals surface area contributed by atoms with Gasteiger partial charge in [0.1, 0.15) is 0 Å². The standard InChI is InChI=1S/C27H18N3O.C14H14N.Ir/c1-16-15-29-25(14-23(16)18-9-11-24-19(13-18)5-4-12-28-24)22-7-3-6-20-21-10-8-17(2)30-27(21)31-26(20)22;1-10-4-6-13(7-5-10)14-8-11(2)12(3)9-15-14;/h3-6,8-15H,1-2H3;4-6,8-9H,1-3H3;/q2*-1;. The van der Waals surface area contributed by atoms with Gasteiger partial charge in [-0.15, -0.1) is 53.6 Å². The number of hydrogen-bond donors (Lipinski definition) is 0. The van der Waals surface area contributed by atoms with E-state index in [4.69, 9.17) is 9.40 Å². The molecule has 0 amide bonds. The minimum Gasteiger partial charge on any atom is -0.486 e. The molecule has 0 N–H and O–H groups in total. The first-order chi connectivity index (χ1) is 22.3. The predicted octanol–water partition coefficient (Wildman–Crippen LogP) is 10.1. The molecular formula is C41H32IrN4O-2. The Morgan fingerprint density at radius 2 is 1.51 bits per heavy atom. The van der Waals surface area contributed by atoms with E-state index in [2.05, 4.69) is 109 Å². The smallest absolute Gasteiger partial charge is 0.216 e. The van der Waals surface area contributed by atoms with E-state index in [0.717, 1.165) is 72.2 Å². The Balaban J connectivity index is 0.000000204. The Bertz CT molecular complexity index is 2380. The average Bonchev–Trinajstić information content (AvgIpc) is 3.44. The zero-order valence-electron chi connectivity index (χ0n) is 26.8. The molecule has 5 aromatic heterocycles. The molecule has 0 fully saturated rings. The molecule has 0 unspecified atom stereocenters. The number of hydrogen-bond acceptors (Lipinski definition) is 5. The Kier molecular flexibility index (Phi) is 9.08. The van der Waals surface area contributed by atoms with Crippen molar-refractivity contribution in [2.24, 2.45) is 0 Å². The number of furan rings is 1. The molecule has 5 heterocycles. The molecule has 8 rings (SSSR count). The van der Waals surface area contributed by atoms with Gasteiger partial charge < -0.3 is 14.4 Å². The molecule has 47 heavy (non-hydrogen) atoms. The van der Waals surface area contributed by atoms with E-state index in [1.54, 1.807) is 0 Å². The van der Waals surface area contributed by atoms with Gasteiger partial charge in [0.15, 0.2) is 0 Å². The zero-order valence-corrected chi connectivity index (χ0v) is 29.2. The Morgan fingerprint density at radius 1 is 0.681 bits per heavy atom. The average molecular weight is 789 g/mol. The van der Waals surface area contributed by atoms with Gasteiger partial charge in [0, 0.05) is 55.2 Å². The van der Waals surface area contributed by atoms with Crippen LogP contribution in [0, 0.1) is 46.8 Å². The van der Waals surface area contributed by atoms with E-state index in [-0.39, 0.29) is 20.1 Å². The summed E-state index contributed by atoms with van der Waals surface area (Å²) in [6.45, 7) is 10.3. The largest absolute Gasteiger partial charge is 0.486 e. The number of fused-ring (bicyclic) bond motifs is 4. The van der Waals surface area contributed by atoms with Crippen LogP contribution in [0.5, 0.6) is 0 Å². The van der Waals surface area contributed by atoms with Gasteiger partial charge >= 0.3 is 0 Å². The van der Waals surface area contributed by atoms with Gasteiger partial charge in [0.2, 0.25) is 5.71 Å². The van der Waals surface area contributed by atoms with Crippen molar-refractivity contribution < 1.29 is 24.5 Å². The third-order valence-corrected chi connectivity index (χ3v) is 8.33. The maximum atomic E-state index is 6.16. The second-order valence-electron chi connectivity index (χ2n) is 11.7. The van der Waals surface area contributed by atoms with Crippen molar-refractivity contribution in [3.63, 3.8) is 0 Å². The van der Waals surface area contributed by atoms with Crippen LogP contribution in [0.1, 0.15) is 27.9 Å². The van der Waals surface area contributed by atoms with Crippen molar-refractivity contribution in [3.8, 4) is 33.6 Å². The molecule has 0 aliphatic heterocycles. The first-order valence-corrected chi connectivity index (χ1v) is 15.3. The van der Waals surface area contributed by atoms with Crippen LogP contribution in [-0.2, 0) is 20.1 Å². The first kappa shape index (κ1) is 31.9. The van der Waals surface area contributed by atoms with Crippen LogP contribution in [-0.4, -0.2) is 19.9 Å². The van der Waals surface area contributed by atoms with Gasteiger partial charge in [-0.05, 0) is 91.7 Å². The quantitative estimate of drug-likeness (QED) is 0.167. The SMILES string of the molecule is Cc1c[c-]c(-c2cc(C)c(C)cn2)cc1.Cc1ccc2c(n1)oc1c(-c3cc(-c4ccc5ncccc5c4)c(C)cn3)[c-]ccc12.[Ir]. The van der Waals surface area contributed by atoms with E-state index < -0.39 is 0 Å². The summed E-state index contributed by atoms with van der Waals surface area (Å²) in [4.78, 5) is 18.1. The maximum Gasteiger partial charge on any atom is 0.216 e. The van der Waals surface area contributed by atoms with Gasteiger partial charge in [0.05, 0.1) is 11.1 Å². The number of pyridine rings is 4. The molecule has 0 saturated carbocycles. The van der Waals surface area contributed by atoms with Crippen LogP contribution >= 0.6 is 0 Å². The van der Waals surface area contributed by atoms with Crippen LogP contribution in [0.25, 0.3) is 66.6 Å². The summed E-state index contributed by atoms with van der Waals surface area (Å²) in [7, 11) is 0. The summed E-state index contributed by atoms with van der Waals surface area (Å²) in [5.41, 5.74) is 14.2. The number of aromatic nitrogens is 4. The number of aryl methyl sites for hydroxylation is 5. The molecule has 0 atom stereocenters. The van der Waals surface area contributed by atoms with Crippen LogP contribution in [0.15, 0.2) is 108 Å². The van der Waals surface area contributed by atoms with Crippen molar-refractivity contribution >= 4 is 33.0 Å². The molecule has 0 saturated heterocycles. The topological polar surface area (TPSA) is 64.7 Å². The van der Waals surface area contributed by atoms with Crippen LogP contribution in [0.3, 0.4) is 0 Å².